The molecule has 2 unspecified atom stereocenters. The van der Waals surface area contributed by atoms with Crippen LogP contribution in [0.4, 0.5) is 5.69 Å². The maximum absolute atomic E-state index is 5.71. The van der Waals surface area contributed by atoms with Crippen molar-refractivity contribution in [1.29, 1.82) is 0 Å². The van der Waals surface area contributed by atoms with Crippen molar-refractivity contribution in [2.45, 2.75) is 37.8 Å². The van der Waals surface area contributed by atoms with Gasteiger partial charge in [-0.15, -0.1) is 24.0 Å². The molecule has 0 aromatic heterocycles. The SMILES string of the molecule is CN=C(NCCCOCC1CCCO1)NC1CCN(c2cc(OC)cc(OC)c2)C1.I. The average Bonchev–Trinajstić information content (AvgIpc) is 3.47. The van der Waals surface area contributed by atoms with Crippen molar-refractivity contribution in [3.63, 3.8) is 0 Å². The number of nitrogens with one attached hydrogen (secondary N) is 2. The molecule has 8 nitrogen and oxygen atoms in total. The normalized spacial score (nSPS) is 21.0. The lowest BCUT2D eigenvalue weighted by Crippen LogP contribution is -2.45. The molecule has 0 bridgehead atoms. The third-order valence-electron chi connectivity index (χ3n) is 5.54. The largest absolute Gasteiger partial charge is 0.497 e. The molecule has 176 valence electrons. The Balaban J connectivity index is 0.00000341. The summed E-state index contributed by atoms with van der Waals surface area (Å²) in [5.41, 5.74) is 1.11. The molecule has 9 heteroatoms. The van der Waals surface area contributed by atoms with Gasteiger partial charge in [0.05, 0.1) is 26.9 Å². The summed E-state index contributed by atoms with van der Waals surface area (Å²) in [5, 5.41) is 6.92. The van der Waals surface area contributed by atoms with Crippen LogP contribution >= 0.6 is 24.0 Å². The van der Waals surface area contributed by atoms with E-state index in [1.54, 1.807) is 14.2 Å². The van der Waals surface area contributed by atoms with Gasteiger partial charge < -0.3 is 34.5 Å². The summed E-state index contributed by atoms with van der Waals surface area (Å²) in [4.78, 5) is 6.70. The molecule has 2 fully saturated rings. The van der Waals surface area contributed by atoms with Gasteiger partial charge in [0, 0.05) is 69.8 Å². The smallest absolute Gasteiger partial charge is 0.191 e. The van der Waals surface area contributed by atoms with Crippen molar-refractivity contribution < 1.29 is 18.9 Å². The van der Waals surface area contributed by atoms with E-state index in [0.29, 0.717) is 18.8 Å². The first-order chi connectivity index (χ1) is 14.7. The molecule has 2 saturated heterocycles. The minimum atomic E-state index is 0. The fourth-order valence-corrected chi connectivity index (χ4v) is 3.85. The summed E-state index contributed by atoms with van der Waals surface area (Å²) in [6.45, 7) is 5.03. The number of aliphatic imine (C=N–C) groups is 1. The summed E-state index contributed by atoms with van der Waals surface area (Å²) in [7, 11) is 5.16. The number of hydrogen-bond donors (Lipinski definition) is 2. The van der Waals surface area contributed by atoms with E-state index in [9.17, 15) is 0 Å². The second-order valence-electron chi connectivity index (χ2n) is 7.71. The number of nitrogens with zero attached hydrogens (tertiary/aromatic N) is 2. The zero-order chi connectivity index (χ0) is 21.2. The van der Waals surface area contributed by atoms with E-state index in [2.05, 4.69) is 32.7 Å². The van der Waals surface area contributed by atoms with E-state index in [1.165, 1.54) is 0 Å². The van der Waals surface area contributed by atoms with Gasteiger partial charge in [-0.05, 0) is 25.7 Å². The highest BCUT2D eigenvalue weighted by molar-refractivity contribution is 14.0. The molecule has 1 aromatic rings. The van der Waals surface area contributed by atoms with Crippen LogP contribution in [0.15, 0.2) is 23.2 Å². The number of anilines is 1. The number of halogens is 1. The minimum absolute atomic E-state index is 0. The highest BCUT2D eigenvalue weighted by Crippen LogP contribution is 2.30. The zero-order valence-electron chi connectivity index (χ0n) is 18.9. The number of benzene rings is 1. The first-order valence-corrected chi connectivity index (χ1v) is 10.9. The fraction of sp³-hybridized carbons (Fsp3) is 0.682. The van der Waals surface area contributed by atoms with Gasteiger partial charge in [0.25, 0.3) is 0 Å². The van der Waals surface area contributed by atoms with Gasteiger partial charge in [0.15, 0.2) is 5.96 Å². The maximum atomic E-state index is 5.71. The molecular weight excluding hydrogens is 511 g/mol. The number of hydrogen-bond acceptors (Lipinski definition) is 6. The number of rotatable bonds is 10. The van der Waals surface area contributed by atoms with Crippen molar-refractivity contribution in [3.05, 3.63) is 18.2 Å². The molecule has 2 aliphatic heterocycles. The van der Waals surface area contributed by atoms with E-state index in [4.69, 9.17) is 18.9 Å². The number of ether oxygens (including phenoxy) is 4. The molecule has 2 aliphatic rings. The molecule has 2 N–H and O–H groups in total. The minimum Gasteiger partial charge on any atom is -0.497 e. The zero-order valence-corrected chi connectivity index (χ0v) is 21.2. The third-order valence-corrected chi connectivity index (χ3v) is 5.54. The van der Waals surface area contributed by atoms with Gasteiger partial charge in [0.1, 0.15) is 11.5 Å². The highest BCUT2D eigenvalue weighted by Gasteiger charge is 2.24. The van der Waals surface area contributed by atoms with Gasteiger partial charge in [-0.1, -0.05) is 0 Å². The van der Waals surface area contributed by atoms with Gasteiger partial charge in [-0.3, -0.25) is 4.99 Å². The van der Waals surface area contributed by atoms with Crippen LogP contribution in [0.5, 0.6) is 11.5 Å². The van der Waals surface area contributed by atoms with Crippen LogP contribution < -0.4 is 25.0 Å². The van der Waals surface area contributed by atoms with Gasteiger partial charge in [0.2, 0.25) is 0 Å². The van der Waals surface area contributed by atoms with Gasteiger partial charge >= 0.3 is 0 Å². The quantitative estimate of drug-likeness (QED) is 0.202. The van der Waals surface area contributed by atoms with E-state index in [0.717, 1.165) is 81.7 Å². The summed E-state index contributed by atoms with van der Waals surface area (Å²) in [5.74, 6) is 2.45. The molecular formula is C22H37IN4O4. The monoisotopic (exact) mass is 548 g/mol. The predicted octanol–water partition coefficient (Wildman–Crippen LogP) is 2.65. The van der Waals surface area contributed by atoms with E-state index >= 15 is 0 Å². The van der Waals surface area contributed by atoms with Gasteiger partial charge in [-0.25, -0.2) is 0 Å². The van der Waals surface area contributed by atoms with E-state index in [1.807, 2.05) is 13.1 Å². The standard InChI is InChI=1S/C22H36N4O4.HI/c1-23-22(24-8-5-10-29-16-19-6-4-11-30-19)25-17-7-9-26(15-17)18-12-20(27-2)14-21(13-18)28-3;/h12-14,17,19H,4-11,15-16H2,1-3H3,(H2,23,24,25);1H. The van der Waals surface area contributed by atoms with Gasteiger partial charge in [-0.2, -0.15) is 0 Å². The molecule has 0 amide bonds. The Hall–Kier alpha value is -1.46. The van der Waals surface area contributed by atoms with Crippen LogP contribution in [0.2, 0.25) is 0 Å². The van der Waals surface area contributed by atoms with E-state index in [-0.39, 0.29) is 24.0 Å². The van der Waals surface area contributed by atoms with Crippen LogP contribution in [-0.4, -0.2) is 78.8 Å². The topological polar surface area (TPSA) is 76.6 Å². The van der Waals surface area contributed by atoms with Crippen LogP contribution in [0, 0.1) is 0 Å². The lowest BCUT2D eigenvalue weighted by molar-refractivity contribution is 0.0168. The lowest BCUT2D eigenvalue weighted by atomic mass is 10.2. The Kier molecular flexibility index (Phi) is 11.5. The first-order valence-electron chi connectivity index (χ1n) is 10.9. The molecule has 31 heavy (non-hydrogen) atoms. The van der Waals surface area contributed by atoms with Crippen molar-refractivity contribution in [3.8, 4) is 11.5 Å². The molecule has 1 aromatic carbocycles. The molecule has 2 heterocycles. The van der Waals surface area contributed by atoms with Crippen molar-refractivity contribution in [1.82, 2.24) is 10.6 Å². The third kappa shape index (κ3) is 8.19. The van der Waals surface area contributed by atoms with Crippen LogP contribution in [-0.2, 0) is 9.47 Å². The van der Waals surface area contributed by atoms with Crippen LogP contribution in [0.1, 0.15) is 25.7 Å². The second-order valence-corrected chi connectivity index (χ2v) is 7.71. The summed E-state index contributed by atoms with van der Waals surface area (Å²) < 4.78 is 22.1. The maximum Gasteiger partial charge on any atom is 0.191 e. The lowest BCUT2D eigenvalue weighted by Gasteiger charge is -2.21. The Morgan fingerprint density at radius 3 is 2.61 bits per heavy atom. The molecule has 0 radical (unpaired) electrons. The van der Waals surface area contributed by atoms with Crippen molar-refractivity contribution in [2.24, 2.45) is 4.99 Å². The summed E-state index contributed by atoms with van der Waals surface area (Å²) in [6, 6.07) is 6.33. The summed E-state index contributed by atoms with van der Waals surface area (Å²) >= 11 is 0. The molecule has 0 saturated carbocycles. The Morgan fingerprint density at radius 2 is 1.97 bits per heavy atom. The Labute approximate surface area is 203 Å². The Morgan fingerprint density at radius 1 is 1.19 bits per heavy atom. The van der Waals surface area contributed by atoms with Crippen molar-refractivity contribution >= 4 is 35.6 Å². The number of guanidine groups is 1. The average molecular weight is 548 g/mol. The number of methoxy groups -OCH3 is 2. The Bertz CT molecular complexity index is 663. The molecule has 3 rings (SSSR count). The van der Waals surface area contributed by atoms with Crippen molar-refractivity contribution in [2.75, 3.05) is 65.6 Å². The predicted molar refractivity (Wildman–Crippen MR) is 134 cm³/mol. The fourth-order valence-electron chi connectivity index (χ4n) is 3.85. The highest BCUT2D eigenvalue weighted by atomic mass is 127. The molecule has 0 aliphatic carbocycles. The van der Waals surface area contributed by atoms with Crippen LogP contribution in [0.25, 0.3) is 0 Å². The summed E-state index contributed by atoms with van der Waals surface area (Å²) in [6.07, 6.45) is 4.55. The molecule has 0 spiro atoms. The van der Waals surface area contributed by atoms with E-state index < -0.39 is 0 Å². The second kappa shape index (κ2) is 13.8. The molecule has 2 atom stereocenters. The first kappa shape index (κ1) is 25.8. The van der Waals surface area contributed by atoms with Crippen LogP contribution in [0.3, 0.4) is 0 Å².